The molecule has 0 radical (unpaired) electrons. The van der Waals surface area contributed by atoms with Crippen LogP contribution in [-0.4, -0.2) is 20.1 Å². The van der Waals surface area contributed by atoms with Crippen molar-refractivity contribution in [1.29, 1.82) is 0 Å². The molecule has 0 atom stereocenters. The van der Waals surface area contributed by atoms with E-state index in [4.69, 9.17) is 0 Å². The zero-order chi connectivity index (χ0) is 12.1. The molecule has 2 aromatic rings. The van der Waals surface area contributed by atoms with Crippen LogP contribution in [0.5, 0.6) is 0 Å². The van der Waals surface area contributed by atoms with E-state index in [1.807, 2.05) is 7.05 Å². The van der Waals surface area contributed by atoms with Gasteiger partial charge in [-0.05, 0) is 16.3 Å². The lowest BCUT2D eigenvalue weighted by molar-refractivity contribution is 0.872. The molecule has 4 heteroatoms. The third-order valence-corrected chi connectivity index (χ3v) is 2.79. The van der Waals surface area contributed by atoms with Crippen LogP contribution < -0.4 is 10.6 Å². The van der Waals surface area contributed by atoms with Crippen molar-refractivity contribution in [2.75, 3.05) is 14.1 Å². The first-order chi connectivity index (χ1) is 8.35. The maximum absolute atomic E-state index is 4.10. The van der Waals surface area contributed by atoms with Gasteiger partial charge in [-0.25, -0.2) is 0 Å². The zero-order valence-electron chi connectivity index (χ0n) is 10.6. The largest absolute Gasteiger partial charge is 0.359 e. The normalized spacial score (nSPS) is 10.9. The van der Waals surface area contributed by atoms with Gasteiger partial charge in [-0.3, -0.25) is 4.99 Å². The van der Waals surface area contributed by atoms with E-state index in [1.54, 1.807) is 7.05 Å². The number of nitrogens with one attached hydrogen (secondary N) is 2. The minimum Gasteiger partial charge on any atom is -0.359 e. The molecule has 0 bridgehead atoms. The summed E-state index contributed by atoms with van der Waals surface area (Å²) in [6, 6.07) is 14.8. The van der Waals surface area contributed by atoms with Crippen molar-refractivity contribution in [3.63, 3.8) is 0 Å². The number of aliphatic imine (C=N–C) groups is 1. The second-order valence-corrected chi connectivity index (χ2v) is 3.81. The monoisotopic (exact) mass is 355 g/mol. The lowest BCUT2D eigenvalue weighted by Crippen LogP contribution is -2.34. The van der Waals surface area contributed by atoms with Crippen LogP contribution in [0.1, 0.15) is 5.56 Å². The standard InChI is InChI=1S/C14H17N3.HI/c1-15-14(16-2)17-10-12-8-5-7-11-6-3-4-9-13(11)12;/h3-9H,10H2,1-2H3,(H2,15,16,17);1H. The molecule has 2 aromatic carbocycles. The highest BCUT2D eigenvalue weighted by molar-refractivity contribution is 14.0. The quantitative estimate of drug-likeness (QED) is 0.494. The summed E-state index contributed by atoms with van der Waals surface area (Å²) in [5, 5.41) is 8.83. The molecule has 0 aliphatic rings. The fraction of sp³-hybridized carbons (Fsp3) is 0.214. The van der Waals surface area contributed by atoms with Crippen LogP contribution in [0, 0.1) is 0 Å². The average Bonchev–Trinajstić information content (AvgIpc) is 2.40. The number of hydrogen-bond acceptors (Lipinski definition) is 1. The van der Waals surface area contributed by atoms with Crippen LogP contribution in [0.3, 0.4) is 0 Å². The summed E-state index contributed by atoms with van der Waals surface area (Å²) in [5.74, 6) is 0.804. The van der Waals surface area contributed by atoms with Crippen LogP contribution in [0.4, 0.5) is 0 Å². The van der Waals surface area contributed by atoms with Crippen molar-refractivity contribution in [1.82, 2.24) is 10.6 Å². The molecule has 96 valence electrons. The Bertz CT molecular complexity index is 532. The van der Waals surface area contributed by atoms with Crippen LogP contribution in [0.15, 0.2) is 47.5 Å². The van der Waals surface area contributed by atoms with Gasteiger partial charge in [-0.15, -0.1) is 24.0 Å². The molecule has 0 saturated carbocycles. The van der Waals surface area contributed by atoms with Crippen LogP contribution in [-0.2, 0) is 6.54 Å². The molecule has 0 unspecified atom stereocenters. The molecule has 0 amide bonds. The Morgan fingerprint density at radius 1 is 1.11 bits per heavy atom. The summed E-state index contributed by atoms with van der Waals surface area (Å²) < 4.78 is 0. The SMILES string of the molecule is CN=C(NC)NCc1cccc2ccccc12.I. The van der Waals surface area contributed by atoms with Gasteiger partial charge in [-0.1, -0.05) is 42.5 Å². The van der Waals surface area contributed by atoms with E-state index in [2.05, 4.69) is 58.1 Å². The molecule has 3 nitrogen and oxygen atoms in total. The molecule has 0 saturated heterocycles. The van der Waals surface area contributed by atoms with Gasteiger partial charge in [0.25, 0.3) is 0 Å². The highest BCUT2D eigenvalue weighted by Crippen LogP contribution is 2.17. The van der Waals surface area contributed by atoms with E-state index < -0.39 is 0 Å². The molecule has 0 spiro atoms. The first-order valence-corrected chi connectivity index (χ1v) is 5.70. The summed E-state index contributed by atoms with van der Waals surface area (Å²) in [5.41, 5.74) is 1.28. The first kappa shape index (κ1) is 14.8. The van der Waals surface area contributed by atoms with E-state index in [-0.39, 0.29) is 24.0 Å². The van der Waals surface area contributed by atoms with E-state index >= 15 is 0 Å². The number of guanidine groups is 1. The van der Waals surface area contributed by atoms with E-state index in [1.165, 1.54) is 16.3 Å². The maximum Gasteiger partial charge on any atom is 0.190 e. The van der Waals surface area contributed by atoms with Gasteiger partial charge in [-0.2, -0.15) is 0 Å². The van der Waals surface area contributed by atoms with Crippen LogP contribution >= 0.6 is 24.0 Å². The van der Waals surface area contributed by atoms with Gasteiger partial charge in [0.15, 0.2) is 5.96 Å². The summed E-state index contributed by atoms with van der Waals surface area (Å²) >= 11 is 0. The molecule has 0 aromatic heterocycles. The molecule has 18 heavy (non-hydrogen) atoms. The predicted octanol–water partition coefficient (Wildman–Crippen LogP) is 2.75. The summed E-state index contributed by atoms with van der Waals surface area (Å²) in [6.07, 6.45) is 0. The van der Waals surface area contributed by atoms with E-state index in [0.717, 1.165) is 12.5 Å². The van der Waals surface area contributed by atoms with Gasteiger partial charge in [0.1, 0.15) is 0 Å². The van der Waals surface area contributed by atoms with Gasteiger partial charge in [0.05, 0.1) is 0 Å². The third kappa shape index (κ3) is 3.35. The topological polar surface area (TPSA) is 36.4 Å². The molecule has 0 fully saturated rings. The van der Waals surface area contributed by atoms with Crippen molar-refractivity contribution in [3.8, 4) is 0 Å². The Labute approximate surface area is 125 Å². The predicted molar refractivity (Wildman–Crippen MR) is 88.6 cm³/mol. The second-order valence-electron chi connectivity index (χ2n) is 3.81. The molecule has 0 heterocycles. The fourth-order valence-corrected chi connectivity index (χ4v) is 1.90. The lowest BCUT2D eigenvalue weighted by Gasteiger charge is -2.10. The van der Waals surface area contributed by atoms with Gasteiger partial charge >= 0.3 is 0 Å². The molecular formula is C14H18IN3. The number of rotatable bonds is 2. The van der Waals surface area contributed by atoms with Gasteiger partial charge < -0.3 is 10.6 Å². The number of nitrogens with zero attached hydrogens (tertiary/aromatic N) is 1. The van der Waals surface area contributed by atoms with Crippen molar-refractivity contribution in [2.45, 2.75) is 6.54 Å². The van der Waals surface area contributed by atoms with Crippen LogP contribution in [0.2, 0.25) is 0 Å². The van der Waals surface area contributed by atoms with Crippen LogP contribution in [0.25, 0.3) is 10.8 Å². The average molecular weight is 355 g/mol. The number of halogens is 1. The number of hydrogen-bond donors (Lipinski definition) is 2. The first-order valence-electron chi connectivity index (χ1n) is 5.70. The Kier molecular flexibility index (Phi) is 5.91. The fourth-order valence-electron chi connectivity index (χ4n) is 1.90. The van der Waals surface area contributed by atoms with Gasteiger partial charge in [0, 0.05) is 20.6 Å². The Morgan fingerprint density at radius 2 is 1.83 bits per heavy atom. The summed E-state index contributed by atoms with van der Waals surface area (Å²) in [4.78, 5) is 4.10. The lowest BCUT2D eigenvalue weighted by atomic mass is 10.0. The number of fused-ring (bicyclic) bond motifs is 1. The molecule has 0 aliphatic heterocycles. The molecule has 0 aliphatic carbocycles. The molecule has 2 N–H and O–H groups in total. The zero-order valence-corrected chi connectivity index (χ0v) is 12.9. The molecule has 2 rings (SSSR count). The van der Waals surface area contributed by atoms with E-state index in [9.17, 15) is 0 Å². The highest BCUT2D eigenvalue weighted by Gasteiger charge is 2.00. The van der Waals surface area contributed by atoms with Crippen molar-refractivity contribution in [2.24, 2.45) is 4.99 Å². The second kappa shape index (κ2) is 7.20. The van der Waals surface area contributed by atoms with Gasteiger partial charge in [0.2, 0.25) is 0 Å². The maximum atomic E-state index is 4.10. The minimum absolute atomic E-state index is 0. The van der Waals surface area contributed by atoms with Crippen molar-refractivity contribution >= 4 is 40.7 Å². The van der Waals surface area contributed by atoms with Crippen molar-refractivity contribution in [3.05, 3.63) is 48.0 Å². The van der Waals surface area contributed by atoms with E-state index in [0.29, 0.717) is 0 Å². The Morgan fingerprint density at radius 3 is 2.56 bits per heavy atom. The Hall–Kier alpha value is -1.30. The highest BCUT2D eigenvalue weighted by atomic mass is 127. The Balaban J connectivity index is 0.00000162. The minimum atomic E-state index is 0. The van der Waals surface area contributed by atoms with Crippen molar-refractivity contribution < 1.29 is 0 Å². The summed E-state index contributed by atoms with van der Waals surface area (Å²) in [6.45, 7) is 0.773. The smallest absolute Gasteiger partial charge is 0.190 e. The third-order valence-electron chi connectivity index (χ3n) is 2.79. The summed E-state index contributed by atoms with van der Waals surface area (Å²) in [7, 11) is 3.63. The number of benzene rings is 2. The molecular weight excluding hydrogens is 337 g/mol.